The van der Waals surface area contributed by atoms with Crippen LogP contribution in [0.15, 0.2) is 29.2 Å². The van der Waals surface area contributed by atoms with Crippen LogP contribution < -0.4 is 0 Å². The summed E-state index contributed by atoms with van der Waals surface area (Å²) >= 11 is 0. The van der Waals surface area contributed by atoms with Crippen molar-refractivity contribution in [3.05, 3.63) is 29.8 Å². The van der Waals surface area contributed by atoms with Crippen LogP contribution in [0.1, 0.15) is 12.0 Å². The van der Waals surface area contributed by atoms with E-state index in [2.05, 4.69) is 0 Å². The van der Waals surface area contributed by atoms with Gasteiger partial charge in [0.25, 0.3) is 9.05 Å². The molecule has 1 aliphatic rings. The van der Waals surface area contributed by atoms with Crippen LogP contribution in [0.2, 0.25) is 0 Å². The van der Waals surface area contributed by atoms with Crippen molar-refractivity contribution in [2.24, 2.45) is 0 Å². The monoisotopic (exact) mass is 278 g/mol. The van der Waals surface area contributed by atoms with E-state index < -0.39 is 14.7 Å². The first-order valence-electron chi connectivity index (χ1n) is 5.20. The molecule has 1 saturated heterocycles. The molecule has 94 valence electrons. The minimum atomic E-state index is -3.84. The molecule has 3 nitrogen and oxygen atoms in total. The molecule has 0 amide bonds. The molecule has 0 spiro atoms. The van der Waals surface area contributed by atoms with Crippen LogP contribution in [-0.4, -0.2) is 27.3 Å². The van der Waals surface area contributed by atoms with Gasteiger partial charge < -0.3 is 4.74 Å². The fourth-order valence-corrected chi connectivity index (χ4v) is 3.10. The summed E-state index contributed by atoms with van der Waals surface area (Å²) in [5.41, 5.74) is -1.09. The van der Waals surface area contributed by atoms with E-state index in [-0.39, 0.29) is 24.3 Å². The molecule has 0 bridgehead atoms. The van der Waals surface area contributed by atoms with Gasteiger partial charge in [0.15, 0.2) is 0 Å². The predicted molar refractivity (Wildman–Crippen MR) is 62.5 cm³/mol. The molecule has 17 heavy (non-hydrogen) atoms. The Morgan fingerprint density at radius 1 is 1.41 bits per heavy atom. The summed E-state index contributed by atoms with van der Waals surface area (Å²) in [5, 5.41) is 0. The van der Waals surface area contributed by atoms with Gasteiger partial charge in [-0.05, 0) is 11.6 Å². The Balaban J connectivity index is 2.33. The van der Waals surface area contributed by atoms with Crippen molar-refractivity contribution in [1.29, 1.82) is 0 Å². The lowest BCUT2D eigenvalue weighted by Gasteiger charge is -2.18. The van der Waals surface area contributed by atoms with E-state index in [0.717, 1.165) is 0 Å². The fourth-order valence-electron chi connectivity index (χ4n) is 1.95. The Hall–Kier alpha value is -0.650. The van der Waals surface area contributed by atoms with Gasteiger partial charge in [0.2, 0.25) is 0 Å². The van der Waals surface area contributed by atoms with Crippen molar-refractivity contribution >= 4 is 19.7 Å². The molecular formula is C11H12ClFO3S. The molecule has 0 aromatic heterocycles. The Morgan fingerprint density at radius 3 is 2.71 bits per heavy atom. The van der Waals surface area contributed by atoms with Crippen molar-refractivity contribution in [2.75, 3.05) is 13.2 Å². The van der Waals surface area contributed by atoms with E-state index in [1.54, 1.807) is 18.2 Å². The van der Waals surface area contributed by atoms with Gasteiger partial charge in [0.05, 0.1) is 11.5 Å². The molecule has 1 unspecified atom stereocenters. The number of ether oxygens (including phenoxy) is 1. The van der Waals surface area contributed by atoms with Gasteiger partial charge in [0.1, 0.15) is 5.67 Å². The first-order valence-corrected chi connectivity index (χ1v) is 7.51. The second-order valence-corrected chi connectivity index (χ2v) is 6.71. The lowest BCUT2D eigenvalue weighted by atomic mass is 9.96. The quantitative estimate of drug-likeness (QED) is 0.797. The van der Waals surface area contributed by atoms with Crippen LogP contribution in [0.4, 0.5) is 4.39 Å². The van der Waals surface area contributed by atoms with E-state index in [1.807, 2.05) is 0 Å². The number of rotatable bonds is 3. The lowest BCUT2D eigenvalue weighted by Crippen LogP contribution is -2.26. The van der Waals surface area contributed by atoms with Crippen molar-refractivity contribution in [3.63, 3.8) is 0 Å². The fraction of sp³-hybridized carbons (Fsp3) is 0.455. The molecule has 0 aliphatic carbocycles. The Labute approximate surface area is 104 Å². The maximum absolute atomic E-state index is 14.2. The molecule has 0 N–H and O–H groups in total. The van der Waals surface area contributed by atoms with Crippen LogP contribution >= 0.6 is 10.7 Å². The van der Waals surface area contributed by atoms with E-state index in [0.29, 0.717) is 12.2 Å². The summed E-state index contributed by atoms with van der Waals surface area (Å²) in [4.78, 5) is -0.0226. The molecule has 1 aliphatic heterocycles. The molecule has 0 radical (unpaired) electrons. The SMILES string of the molecule is O=S(=O)(Cl)c1ccccc1CC1(F)CCOC1. The Kier molecular flexibility index (Phi) is 3.43. The number of halogens is 2. The molecule has 1 atom stereocenters. The van der Waals surface area contributed by atoms with Crippen molar-refractivity contribution in [2.45, 2.75) is 23.4 Å². The van der Waals surface area contributed by atoms with Crippen molar-refractivity contribution < 1.29 is 17.5 Å². The van der Waals surface area contributed by atoms with Crippen molar-refractivity contribution in [1.82, 2.24) is 0 Å². The number of benzene rings is 1. The van der Waals surface area contributed by atoms with Gasteiger partial charge in [-0.25, -0.2) is 12.8 Å². The highest BCUT2D eigenvalue weighted by Crippen LogP contribution is 2.31. The average molecular weight is 279 g/mol. The molecule has 0 saturated carbocycles. The second kappa shape index (κ2) is 4.55. The van der Waals surface area contributed by atoms with Gasteiger partial charge in [-0.2, -0.15) is 0 Å². The largest absolute Gasteiger partial charge is 0.378 e. The first kappa shape index (κ1) is 12.8. The third kappa shape index (κ3) is 2.97. The summed E-state index contributed by atoms with van der Waals surface area (Å²) in [6.07, 6.45) is 0.290. The molecule has 2 rings (SSSR count). The maximum atomic E-state index is 14.2. The van der Waals surface area contributed by atoms with Gasteiger partial charge in [0, 0.05) is 30.1 Å². The molecular weight excluding hydrogens is 267 g/mol. The normalized spacial score (nSPS) is 25.1. The zero-order chi connectivity index (χ0) is 12.5. The van der Waals surface area contributed by atoms with Crippen LogP contribution in [0.3, 0.4) is 0 Å². The van der Waals surface area contributed by atoms with E-state index in [4.69, 9.17) is 15.4 Å². The lowest BCUT2D eigenvalue weighted by molar-refractivity contribution is 0.112. The van der Waals surface area contributed by atoms with E-state index >= 15 is 0 Å². The van der Waals surface area contributed by atoms with E-state index in [1.165, 1.54) is 6.07 Å². The topological polar surface area (TPSA) is 43.4 Å². The number of hydrogen-bond donors (Lipinski definition) is 0. The minimum absolute atomic E-state index is 0.00364. The van der Waals surface area contributed by atoms with Gasteiger partial charge in [-0.3, -0.25) is 0 Å². The van der Waals surface area contributed by atoms with Crippen LogP contribution in [0.25, 0.3) is 0 Å². The van der Waals surface area contributed by atoms with Crippen LogP contribution in [0, 0.1) is 0 Å². The minimum Gasteiger partial charge on any atom is -0.378 e. The highest BCUT2D eigenvalue weighted by Gasteiger charge is 2.36. The van der Waals surface area contributed by atoms with Crippen LogP contribution in [-0.2, 0) is 20.2 Å². The van der Waals surface area contributed by atoms with Gasteiger partial charge in [-0.15, -0.1) is 0 Å². The van der Waals surface area contributed by atoms with Gasteiger partial charge in [-0.1, -0.05) is 18.2 Å². The summed E-state index contributed by atoms with van der Waals surface area (Å²) < 4.78 is 41.9. The average Bonchev–Trinajstić information content (AvgIpc) is 2.64. The molecule has 1 heterocycles. The third-order valence-electron chi connectivity index (χ3n) is 2.80. The van der Waals surface area contributed by atoms with Gasteiger partial charge >= 0.3 is 0 Å². The summed E-state index contributed by atoms with van der Waals surface area (Å²) in [5.74, 6) is 0. The number of hydrogen-bond acceptors (Lipinski definition) is 3. The standard InChI is InChI=1S/C11H12ClFO3S/c12-17(14,15)10-4-2-1-3-9(10)7-11(13)5-6-16-8-11/h1-4H,5-8H2. The Bertz CT molecular complexity index is 509. The maximum Gasteiger partial charge on any atom is 0.261 e. The molecule has 1 aromatic rings. The number of alkyl halides is 1. The first-order chi connectivity index (χ1) is 7.91. The van der Waals surface area contributed by atoms with Crippen molar-refractivity contribution in [3.8, 4) is 0 Å². The second-order valence-electron chi connectivity index (χ2n) is 4.18. The molecule has 1 aromatic carbocycles. The van der Waals surface area contributed by atoms with E-state index in [9.17, 15) is 12.8 Å². The third-order valence-corrected chi connectivity index (χ3v) is 4.22. The van der Waals surface area contributed by atoms with Crippen LogP contribution in [0.5, 0.6) is 0 Å². The summed E-state index contributed by atoms with van der Waals surface area (Å²) in [6.45, 7) is 0.371. The summed E-state index contributed by atoms with van der Waals surface area (Å²) in [6, 6.07) is 6.20. The predicted octanol–water partition coefficient (Wildman–Crippen LogP) is 2.29. The smallest absolute Gasteiger partial charge is 0.261 e. The highest BCUT2D eigenvalue weighted by atomic mass is 35.7. The molecule has 6 heteroatoms. The highest BCUT2D eigenvalue weighted by molar-refractivity contribution is 8.13. The zero-order valence-corrected chi connectivity index (χ0v) is 10.6. The molecule has 1 fully saturated rings. The zero-order valence-electron chi connectivity index (χ0n) is 9.03. The summed E-state index contributed by atoms with van der Waals surface area (Å²) in [7, 11) is 1.48. The Morgan fingerprint density at radius 2 is 2.12 bits per heavy atom.